The molecule has 214 valence electrons. The van der Waals surface area contributed by atoms with Crippen LogP contribution in [-0.4, -0.2) is 43.8 Å². The van der Waals surface area contributed by atoms with Crippen LogP contribution in [-0.2, 0) is 26.2 Å². The van der Waals surface area contributed by atoms with Crippen molar-refractivity contribution in [1.29, 1.82) is 0 Å². The van der Waals surface area contributed by atoms with Crippen molar-refractivity contribution in [3.05, 3.63) is 93.4 Å². The number of hydrogen-bond acceptors (Lipinski definition) is 4. The van der Waals surface area contributed by atoms with Gasteiger partial charge in [-0.15, -0.1) is 0 Å². The second kappa shape index (κ2) is 14.2. The molecule has 0 spiro atoms. The number of benzene rings is 3. The van der Waals surface area contributed by atoms with Crippen LogP contribution in [0, 0.1) is 0 Å². The number of amides is 2. The third-order valence-corrected chi connectivity index (χ3v) is 9.02. The topological polar surface area (TPSA) is 86.8 Å². The minimum atomic E-state index is -4.23. The van der Waals surface area contributed by atoms with Gasteiger partial charge in [-0.25, -0.2) is 8.42 Å². The monoisotopic (exact) mass is 623 g/mol. The minimum Gasteiger partial charge on any atom is -0.352 e. The largest absolute Gasteiger partial charge is 0.352 e. The third kappa shape index (κ3) is 7.91. The molecule has 2 amide bonds. The molecule has 0 heterocycles. The highest BCUT2D eigenvalue weighted by molar-refractivity contribution is 7.92. The van der Waals surface area contributed by atoms with Gasteiger partial charge in [0.05, 0.1) is 10.6 Å². The van der Waals surface area contributed by atoms with Gasteiger partial charge in [0.2, 0.25) is 11.8 Å². The molecular formula is C29H32Cl3N3O4S. The number of anilines is 1. The Hall–Kier alpha value is -2.78. The molecule has 0 fully saturated rings. The highest BCUT2D eigenvalue weighted by Crippen LogP contribution is 2.30. The molecule has 7 nitrogen and oxygen atoms in total. The maximum atomic E-state index is 14.1. The van der Waals surface area contributed by atoms with Crippen LogP contribution in [0.25, 0.3) is 0 Å². The molecule has 3 aromatic rings. The fraction of sp³-hybridized carbons (Fsp3) is 0.310. The smallest absolute Gasteiger partial charge is 0.264 e. The first kappa shape index (κ1) is 31.7. The van der Waals surface area contributed by atoms with E-state index in [-0.39, 0.29) is 39.1 Å². The number of rotatable bonds is 12. The Bertz CT molecular complexity index is 1420. The number of hydrogen-bond donors (Lipinski definition) is 1. The molecule has 2 atom stereocenters. The Morgan fingerprint density at radius 3 is 2.05 bits per heavy atom. The van der Waals surface area contributed by atoms with Gasteiger partial charge in [0, 0.05) is 27.7 Å². The summed E-state index contributed by atoms with van der Waals surface area (Å²) in [5.74, 6) is -0.929. The second-order valence-electron chi connectivity index (χ2n) is 9.31. The normalized spacial score (nSPS) is 12.8. The van der Waals surface area contributed by atoms with E-state index >= 15 is 0 Å². The Balaban J connectivity index is 2.09. The fourth-order valence-corrected chi connectivity index (χ4v) is 6.23. The molecule has 0 bridgehead atoms. The Morgan fingerprint density at radius 1 is 0.875 bits per heavy atom. The maximum absolute atomic E-state index is 14.1. The Morgan fingerprint density at radius 2 is 1.48 bits per heavy atom. The van der Waals surface area contributed by atoms with E-state index < -0.39 is 28.5 Å². The molecule has 0 saturated heterocycles. The lowest BCUT2D eigenvalue weighted by molar-refractivity contribution is -0.140. The summed E-state index contributed by atoms with van der Waals surface area (Å²) in [4.78, 5) is 28.8. The zero-order valence-electron chi connectivity index (χ0n) is 22.5. The molecule has 0 unspecified atom stereocenters. The van der Waals surface area contributed by atoms with Crippen molar-refractivity contribution in [2.75, 3.05) is 10.8 Å². The zero-order valence-corrected chi connectivity index (χ0v) is 25.6. The second-order valence-corrected chi connectivity index (χ2v) is 12.4. The predicted molar refractivity (Wildman–Crippen MR) is 161 cm³/mol. The predicted octanol–water partition coefficient (Wildman–Crippen LogP) is 6.56. The van der Waals surface area contributed by atoms with Gasteiger partial charge in [-0.3, -0.25) is 13.9 Å². The van der Waals surface area contributed by atoms with Crippen LogP contribution < -0.4 is 9.62 Å². The number of sulfonamides is 1. The summed E-state index contributed by atoms with van der Waals surface area (Å²) in [5, 5.41) is 3.77. The number of nitrogens with zero attached hydrogens (tertiary/aromatic N) is 2. The Kier molecular flexibility index (Phi) is 11.3. The van der Waals surface area contributed by atoms with Crippen molar-refractivity contribution < 1.29 is 18.0 Å². The quantitative estimate of drug-likeness (QED) is 0.247. The molecule has 0 aliphatic rings. The van der Waals surface area contributed by atoms with Crippen LogP contribution in [0.15, 0.2) is 77.7 Å². The average Bonchev–Trinajstić information content (AvgIpc) is 2.92. The SMILES string of the molecule is CC[C@@H](C)NC(=O)[C@H](CC)N(Cc1ccccc1Cl)C(=O)CN(c1cc(Cl)cc(Cl)c1)S(=O)(=O)c1ccccc1. The molecule has 11 heteroatoms. The lowest BCUT2D eigenvalue weighted by atomic mass is 10.1. The van der Waals surface area contributed by atoms with Crippen molar-refractivity contribution in [2.24, 2.45) is 0 Å². The summed E-state index contributed by atoms with van der Waals surface area (Å²) in [6.07, 6.45) is 1.01. The summed E-state index contributed by atoms with van der Waals surface area (Å²) >= 11 is 18.9. The van der Waals surface area contributed by atoms with E-state index in [0.29, 0.717) is 23.4 Å². The lowest BCUT2D eigenvalue weighted by Gasteiger charge is -2.34. The summed E-state index contributed by atoms with van der Waals surface area (Å²) in [6.45, 7) is 5.01. The van der Waals surface area contributed by atoms with Crippen LogP contribution in [0.4, 0.5) is 5.69 Å². The third-order valence-electron chi connectivity index (χ3n) is 6.43. The highest BCUT2D eigenvalue weighted by atomic mass is 35.5. The van der Waals surface area contributed by atoms with Gasteiger partial charge in [-0.05, 0) is 61.7 Å². The van der Waals surface area contributed by atoms with Gasteiger partial charge < -0.3 is 10.2 Å². The van der Waals surface area contributed by atoms with Crippen LogP contribution in [0.3, 0.4) is 0 Å². The minimum absolute atomic E-state index is 0.000462. The van der Waals surface area contributed by atoms with Crippen molar-refractivity contribution in [3.63, 3.8) is 0 Å². The summed E-state index contributed by atoms with van der Waals surface area (Å²) in [6, 6.07) is 18.1. The average molecular weight is 625 g/mol. The van der Waals surface area contributed by atoms with Gasteiger partial charge >= 0.3 is 0 Å². The van der Waals surface area contributed by atoms with E-state index in [4.69, 9.17) is 34.8 Å². The summed E-state index contributed by atoms with van der Waals surface area (Å²) in [5.41, 5.74) is 0.736. The van der Waals surface area contributed by atoms with Gasteiger partial charge in [0.1, 0.15) is 12.6 Å². The number of carbonyl (C=O) groups is 2. The first-order chi connectivity index (χ1) is 19.0. The molecular weight excluding hydrogens is 593 g/mol. The molecule has 0 aliphatic heterocycles. The van der Waals surface area contributed by atoms with Gasteiger partial charge in [-0.1, -0.05) is 85.0 Å². The zero-order chi connectivity index (χ0) is 29.4. The van der Waals surface area contributed by atoms with Gasteiger partial charge in [0.15, 0.2) is 0 Å². The van der Waals surface area contributed by atoms with Crippen molar-refractivity contribution >= 4 is 62.3 Å². The summed E-state index contributed by atoms with van der Waals surface area (Å²) < 4.78 is 28.7. The molecule has 0 saturated carbocycles. The molecule has 0 radical (unpaired) electrons. The van der Waals surface area contributed by atoms with Crippen LogP contribution >= 0.6 is 34.8 Å². The van der Waals surface area contributed by atoms with E-state index in [0.717, 1.165) is 4.31 Å². The van der Waals surface area contributed by atoms with Crippen LogP contribution in [0.1, 0.15) is 39.2 Å². The van der Waals surface area contributed by atoms with Crippen molar-refractivity contribution in [1.82, 2.24) is 10.2 Å². The molecule has 1 N–H and O–H groups in total. The molecule has 0 aliphatic carbocycles. The number of nitrogens with one attached hydrogen (secondary N) is 1. The Labute approximate surface area is 251 Å². The molecule has 40 heavy (non-hydrogen) atoms. The molecule has 0 aromatic heterocycles. The van der Waals surface area contributed by atoms with Crippen molar-refractivity contribution in [2.45, 2.75) is 57.1 Å². The number of halogens is 3. The van der Waals surface area contributed by atoms with Crippen LogP contribution in [0.2, 0.25) is 15.1 Å². The van der Waals surface area contributed by atoms with E-state index in [1.807, 2.05) is 13.8 Å². The molecule has 3 aromatic carbocycles. The number of carbonyl (C=O) groups excluding carboxylic acids is 2. The summed E-state index contributed by atoms with van der Waals surface area (Å²) in [7, 11) is -4.23. The van der Waals surface area contributed by atoms with Gasteiger partial charge in [0.25, 0.3) is 10.0 Å². The van der Waals surface area contributed by atoms with E-state index in [9.17, 15) is 18.0 Å². The first-order valence-electron chi connectivity index (χ1n) is 12.8. The first-order valence-corrected chi connectivity index (χ1v) is 15.4. The standard InChI is InChI=1S/C29H32Cl3N3O4S/c1-4-20(3)33-29(37)27(5-2)34(18-21-11-9-10-14-26(21)32)28(36)19-35(24-16-22(30)15-23(31)17-24)40(38,39)25-12-7-6-8-13-25/h6-17,20,27H,4-5,18-19H2,1-3H3,(H,33,37)/t20-,27+/m1/s1. The maximum Gasteiger partial charge on any atom is 0.264 e. The van der Waals surface area contributed by atoms with E-state index in [1.165, 1.54) is 35.2 Å². The molecule has 3 rings (SSSR count). The van der Waals surface area contributed by atoms with Crippen LogP contribution in [0.5, 0.6) is 0 Å². The van der Waals surface area contributed by atoms with E-state index in [1.54, 1.807) is 49.4 Å². The fourth-order valence-electron chi connectivity index (χ4n) is 4.10. The highest BCUT2D eigenvalue weighted by Gasteiger charge is 2.34. The van der Waals surface area contributed by atoms with Gasteiger partial charge in [-0.2, -0.15) is 0 Å². The van der Waals surface area contributed by atoms with Crippen molar-refractivity contribution in [3.8, 4) is 0 Å². The van der Waals surface area contributed by atoms with E-state index in [2.05, 4.69) is 5.32 Å². The lowest BCUT2D eigenvalue weighted by Crippen LogP contribution is -2.53.